The summed E-state index contributed by atoms with van der Waals surface area (Å²) in [6, 6.07) is 3.95. The van der Waals surface area contributed by atoms with Gasteiger partial charge < -0.3 is 9.64 Å². The van der Waals surface area contributed by atoms with E-state index in [4.69, 9.17) is 4.74 Å². The van der Waals surface area contributed by atoms with Crippen LogP contribution in [0.4, 0.5) is 4.79 Å². The Balaban J connectivity index is 1.53. The minimum atomic E-state index is -0.534. The van der Waals surface area contributed by atoms with Crippen molar-refractivity contribution in [2.24, 2.45) is 5.92 Å². The fourth-order valence-electron chi connectivity index (χ4n) is 3.84. The van der Waals surface area contributed by atoms with Crippen molar-refractivity contribution >= 4 is 23.3 Å². The fraction of sp³-hybridized carbons (Fsp3) is 0.700. The average Bonchev–Trinajstić information content (AvgIpc) is 3.24. The molecule has 6 heteroatoms. The third-order valence-corrected chi connectivity index (χ3v) is 6.06. The SMILES string of the molecule is CC(C)(C)OC(=O)N1CCCC1C(=O)N1CCC(Cc2cccs2)CC1. The maximum Gasteiger partial charge on any atom is 0.410 e. The number of hydrogen-bond acceptors (Lipinski definition) is 4. The lowest BCUT2D eigenvalue weighted by Gasteiger charge is -2.35. The van der Waals surface area contributed by atoms with Gasteiger partial charge in [-0.05, 0) is 70.2 Å². The van der Waals surface area contributed by atoms with Crippen molar-refractivity contribution in [3.05, 3.63) is 22.4 Å². The van der Waals surface area contributed by atoms with E-state index in [2.05, 4.69) is 17.5 Å². The van der Waals surface area contributed by atoms with Crippen molar-refractivity contribution in [1.82, 2.24) is 9.80 Å². The predicted octanol–water partition coefficient (Wildman–Crippen LogP) is 3.93. The van der Waals surface area contributed by atoms with Gasteiger partial charge in [-0.15, -0.1) is 11.3 Å². The molecule has 26 heavy (non-hydrogen) atoms. The summed E-state index contributed by atoms with van der Waals surface area (Å²) in [5, 5.41) is 2.12. The normalized spacial score (nSPS) is 21.9. The molecule has 2 amide bonds. The topological polar surface area (TPSA) is 49.9 Å². The number of thiophene rings is 1. The van der Waals surface area contributed by atoms with Crippen LogP contribution in [-0.2, 0) is 16.0 Å². The molecule has 1 unspecified atom stereocenters. The lowest BCUT2D eigenvalue weighted by atomic mass is 9.92. The molecule has 0 aromatic carbocycles. The average molecular weight is 379 g/mol. The number of rotatable bonds is 3. The number of carbonyl (C=O) groups is 2. The molecule has 0 bridgehead atoms. The molecule has 1 atom stereocenters. The van der Waals surface area contributed by atoms with Gasteiger partial charge in [0.2, 0.25) is 5.91 Å². The summed E-state index contributed by atoms with van der Waals surface area (Å²) in [5.41, 5.74) is -0.534. The molecular weight excluding hydrogens is 348 g/mol. The van der Waals surface area contributed by atoms with E-state index in [-0.39, 0.29) is 18.0 Å². The predicted molar refractivity (Wildman–Crippen MR) is 103 cm³/mol. The van der Waals surface area contributed by atoms with Gasteiger partial charge in [-0.3, -0.25) is 9.69 Å². The molecule has 5 nitrogen and oxygen atoms in total. The summed E-state index contributed by atoms with van der Waals surface area (Å²) in [6.07, 6.45) is 4.46. The largest absolute Gasteiger partial charge is 0.444 e. The second-order valence-corrected chi connectivity index (χ2v) is 9.42. The smallest absolute Gasteiger partial charge is 0.410 e. The Kier molecular flexibility index (Phi) is 5.90. The lowest BCUT2D eigenvalue weighted by molar-refractivity contribution is -0.137. The fourth-order valence-corrected chi connectivity index (χ4v) is 4.66. The van der Waals surface area contributed by atoms with E-state index in [1.165, 1.54) is 4.88 Å². The van der Waals surface area contributed by atoms with E-state index in [1.807, 2.05) is 37.0 Å². The van der Waals surface area contributed by atoms with Crippen LogP contribution in [-0.4, -0.2) is 53.1 Å². The number of piperidine rings is 1. The molecule has 0 saturated carbocycles. The maximum absolute atomic E-state index is 13.0. The van der Waals surface area contributed by atoms with Crippen LogP contribution in [0.15, 0.2) is 17.5 Å². The van der Waals surface area contributed by atoms with E-state index in [1.54, 1.807) is 4.90 Å². The van der Waals surface area contributed by atoms with Crippen molar-refractivity contribution < 1.29 is 14.3 Å². The molecular formula is C20H30N2O3S. The van der Waals surface area contributed by atoms with Crippen molar-refractivity contribution in [3.8, 4) is 0 Å². The second-order valence-electron chi connectivity index (χ2n) is 8.38. The summed E-state index contributed by atoms with van der Waals surface area (Å²) in [5.74, 6) is 0.756. The van der Waals surface area contributed by atoms with Crippen LogP contribution in [0.5, 0.6) is 0 Å². The Morgan fingerprint density at radius 1 is 1.19 bits per heavy atom. The molecule has 3 heterocycles. The van der Waals surface area contributed by atoms with E-state index < -0.39 is 5.60 Å². The molecule has 2 aliphatic rings. The Morgan fingerprint density at radius 2 is 1.92 bits per heavy atom. The standard InChI is InChI=1S/C20H30N2O3S/c1-20(2,3)25-19(24)22-10-4-7-17(22)18(23)21-11-8-15(9-12-21)14-16-6-5-13-26-16/h5-6,13,15,17H,4,7-12,14H2,1-3H3. The van der Waals surface area contributed by atoms with Gasteiger partial charge in [-0.1, -0.05) is 6.07 Å². The summed E-state index contributed by atoms with van der Waals surface area (Å²) < 4.78 is 5.48. The Labute approximate surface area is 160 Å². The number of nitrogens with zero attached hydrogens (tertiary/aromatic N) is 2. The number of ether oxygens (including phenoxy) is 1. The van der Waals surface area contributed by atoms with Gasteiger partial charge in [-0.2, -0.15) is 0 Å². The van der Waals surface area contributed by atoms with Crippen LogP contribution in [0.2, 0.25) is 0 Å². The Hall–Kier alpha value is -1.56. The highest BCUT2D eigenvalue weighted by molar-refractivity contribution is 7.09. The van der Waals surface area contributed by atoms with Gasteiger partial charge in [0.1, 0.15) is 11.6 Å². The number of likely N-dealkylation sites (tertiary alicyclic amines) is 2. The number of hydrogen-bond donors (Lipinski definition) is 0. The van der Waals surface area contributed by atoms with Crippen molar-refractivity contribution in [2.75, 3.05) is 19.6 Å². The van der Waals surface area contributed by atoms with Crippen LogP contribution in [0, 0.1) is 5.92 Å². The first-order valence-corrected chi connectivity index (χ1v) is 10.5. The third-order valence-electron chi connectivity index (χ3n) is 5.16. The zero-order valence-corrected chi connectivity index (χ0v) is 16.9. The molecule has 144 valence electrons. The van der Waals surface area contributed by atoms with Crippen LogP contribution in [0.3, 0.4) is 0 Å². The minimum Gasteiger partial charge on any atom is -0.444 e. The monoisotopic (exact) mass is 378 g/mol. The van der Waals surface area contributed by atoms with E-state index >= 15 is 0 Å². The molecule has 1 aromatic rings. The number of amides is 2. The van der Waals surface area contributed by atoms with E-state index in [0.717, 1.165) is 45.2 Å². The molecule has 0 spiro atoms. The van der Waals surface area contributed by atoms with Crippen LogP contribution < -0.4 is 0 Å². The van der Waals surface area contributed by atoms with Gasteiger partial charge in [0, 0.05) is 24.5 Å². The van der Waals surface area contributed by atoms with Crippen molar-refractivity contribution in [1.29, 1.82) is 0 Å². The molecule has 0 radical (unpaired) electrons. The highest BCUT2D eigenvalue weighted by Gasteiger charge is 2.39. The summed E-state index contributed by atoms with van der Waals surface area (Å²) in [4.78, 5) is 30.4. The molecule has 1 aromatic heterocycles. The molecule has 0 aliphatic carbocycles. The lowest BCUT2D eigenvalue weighted by Crippen LogP contribution is -2.51. The minimum absolute atomic E-state index is 0.0999. The van der Waals surface area contributed by atoms with Crippen LogP contribution in [0.1, 0.15) is 51.3 Å². The first-order valence-electron chi connectivity index (χ1n) is 9.64. The van der Waals surface area contributed by atoms with Crippen molar-refractivity contribution in [3.63, 3.8) is 0 Å². The third kappa shape index (κ3) is 4.78. The van der Waals surface area contributed by atoms with Crippen LogP contribution >= 0.6 is 11.3 Å². The van der Waals surface area contributed by atoms with Crippen molar-refractivity contribution in [2.45, 2.75) is 64.5 Å². The quantitative estimate of drug-likeness (QED) is 0.801. The number of carbonyl (C=O) groups excluding carboxylic acids is 2. The summed E-state index contributed by atoms with van der Waals surface area (Å²) >= 11 is 1.81. The highest BCUT2D eigenvalue weighted by Crippen LogP contribution is 2.27. The van der Waals surface area contributed by atoms with Gasteiger partial charge in [0.05, 0.1) is 0 Å². The second kappa shape index (κ2) is 7.99. The zero-order valence-electron chi connectivity index (χ0n) is 16.1. The van der Waals surface area contributed by atoms with Crippen LogP contribution in [0.25, 0.3) is 0 Å². The van der Waals surface area contributed by atoms with Gasteiger partial charge in [-0.25, -0.2) is 4.79 Å². The van der Waals surface area contributed by atoms with Gasteiger partial charge in [0.25, 0.3) is 0 Å². The first-order chi connectivity index (χ1) is 12.3. The maximum atomic E-state index is 13.0. The first kappa shape index (κ1) is 19.2. The Bertz CT molecular complexity index is 616. The summed E-state index contributed by atoms with van der Waals surface area (Å²) in [6.45, 7) is 7.78. The van der Waals surface area contributed by atoms with E-state index in [0.29, 0.717) is 12.5 Å². The molecule has 2 fully saturated rings. The Morgan fingerprint density at radius 3 is 2.54 bits per heavy atom. The zero-order chi connectivity index (χ0) is 18.7. The van der Waals surface area contributed by atoms with E-state index in [9.17, 15) is 9.59 Å². The molecule has 2 saturated heterocycles. The highest BCUT2D eigenvalue weighted by atomic mass is 32.1. The van der Waals surface area contributed by atoms with Gasteiger partial charge in [0.15, 0.2) is 0 Å². The van der Waals surface area contributed by atoms with Gasteiger partial charge >= 0.3 is 6.09 Å². The molecule has 0 N–H and O–H groups in total. The molecule has 3 rings (SSSR count). The molecule has 2 aliphatic heterocycles. The summed E-state index contributed by atoms with van der Waals surface area (Å²) in [7, 11) is 0.